The molecule has 6 nitrogen and oxygen atoms in total. The number of carbonyl (C=O) groups excluding carboxylic acids is 2. The lowest BCUT2D eigenvalue weighted by Gasteiger charge is -2.32. The zero-order chi connectivity index (χ0) is 18.0. The molecule has 0 spiro atoms. The van der Waals surface area contributed by atoms with E-state index < -0.39 is 10.8 Å². The Bertz CT molecular complexity index is 789. The van der Waals surface area contributed by atoms with Gasteiger partial charge in [0.25, 0.3) is 0 Å². The third-order valence-electron chi connectivity index (χ3n) is 3.92. The highest BCUT2D eigenvalue weighted by molar-refractivity contribution is 8.01. The van der Waals surface area contributed by atoms with Gasteiger partial charge in [0.1, 0.15) is 17.6 Å². The molecule has 2 heterocycles. The van der Waals surface area contributed by atoms with Crippen LogP contribution in [0.3, 0.4) is 0 Å². The van der Waals surface area contributed by atoms with E-state index in [2.05, 4.69) is 15.8 Å². The van der Waals surface area contributed by atoms with E-state index in [1.165, 1.54) is 23.9 Å². The number of halogens is 1. The molecule has 0 aliphatic carbocycles. The Morgan fingerprint density at radius 2 is 2.16 bits per heavy atom. The molecule has 0 bridgehead atoms. The molecule has 25 heavy (non-hydrogen) atoms. The third-order valence-corrected chi connectivity index (χ3v) is 5.32. The van der Waals surface area contributed by atoms with Crippen LogP contribution in [0, 0.1) is 5.82 Å². The summed E-state index contributed by atoms with van der Waals surface area (Å²) in [7, 11) is 0. The number of nitrogens with one attached hydrogen (secondary N) is 2. The van der Waals surface area contributed by atoms with Crippen LogP contribution in [0.15, 0.2) is 34.9 Å². The summed E-state index contributed by atoms with van der Waals surface area (Å²) < 4.78 is 17.6. The lowest BCUT2D eigenvalue weighted by atomic mass is 10.1. The van der Waals surface area contributed by atoms with E-state index in [0.29, 0.717) is 17.2 Å². The largest absolute Gasteiger partial charge is 0.359 e. The second-order valence-corrected chi connectivity index (χ2v) is 7.89. The van der Waals surface area contributed by atoms with Crippen molar-refractivity contribution in [3.05, 3.63) is 41.9 Å². The molecule has 3 rings (SSSR count). The molecule has 0 unspecified atom stereocenters. The Hall–Kier alpha value is -2.35. The first-order valence-corrected chi connectivity index (χ1v) is 8.78. The fourth-order valence-electron chi connectivity index (χ4n) is 2.32. The minimum atomic E-state index is -0.565. The molecule has 1 aromatic carbocycles. The predicted octanol–water partition coefficient (Wildman–Crippen LogP) is 2.11. The molecule has 1 fully saturated rings. The SMILES string of the molecule is CC1(C)SC[C@@H](C(=O)NCc2cc(-c3ccc(F)cc3)no2)NC1=O. The predicted molar refractivity (Wildman–Crippen MR) is 92.2 cm³/mol. The Morgan fingerprint density at radius 1 is 1.44 bits per heavy atom. The monoisotopic (exact) mass is 363 g/mol. The van der Waals surface area contributed by atoms with E-state index in [4.69, 9.17) is 4.52 Å². The summed E-state index contributed by atoms with van der Waals surface area (Å²) in [5.74, 6) is 0.248. The molecule has 2 aromatic rings. The van der Waals surface area contributed by atoms with E-state index >= 15 is 0 Å². The number of hydrogen-bond acceptors (Lipinski definition) is 5. The van der Waals surface area contributed by atoms with Crippen molar-refractivity contribution in [1.82, 2.24) is 15.8 Å². The van der Waals surface area contributed by atoms with Crippen LogP contribution in [0.4, 0.5) is 4.39 Å². The Labute approximate surface area is 148 Å². The summed E-state index contributed by atoms with van der Waals surface area (Å²) in [6.07, 6.45) is 0. The zero-order valence-corrected chi connectivity index (χ0v) is 14.7. The molecule has 1 atom stereocenters. The molecule has 132 valence electrons. The Kier molecular flexibility index (Phi) is 4.80. The second-order valence-electron chi connectivity index (χ2n) is 6.25. The van der Waals surface area contributed by atoms with Crippen molar-refractivity contribution in [2.24, 2.45) is 0 Å². The maximum Gasteiger partial charge on any atom is 0.243 e. The normalized spacial score (nSPS) is 19.3. The van der Waals surface area contributed by atoms with Gasteiger partial charge in [-0.2, -0.15) is 0 Å². The minimum Gasteiger partial charge on any atom is -0.359 e. The minimum absolute atomic E-state index is 0.151. The quantitative estimate of drug-likeness (QED) is 0.869. The molecular formula is C17H18FN3O3S. The first-order valence-electron chi connectivity index (χ1n) is 7.79. The van der Waals surface area contributed by atoms with E-state index in [-0.39, 0.29) is 24.2 Å². The van der Waals surface area contributed by atoms with Crippen molar-refractivity contribution in [2.45, 2.75) is 31.2 Å². The van der Waals surface area contributed by atoms with Gasteiger partial charge in [-0.3, -0.25) is 9.59 Å². The molecule has 1 saturated heterocycles. The summed E-state index contributed by atoms with van der Waals surface area (Å²) >= 11 is 1.45. The number of aromatic nitrogens is 1. The average molecular weight is 363 g/mol. The topological polar surface area (TPSA) is 84.2 Å². The second kappa shape index (κ2) is 6.87. The standard InChI is InChI=1S/C17H18FN3O3S/c1-17(2)16(23)20-14(9-25-17)15(22)19-8-12-7-13(21-24-12)10-3-5-11(18)6-4-10/h3-7,14H,8-9H2,1-2H3,(H,19,22)(H,20,23)/t14-/m0/s1. The van der Waals surface area contributed by atoms with Gasteiger partial charge in [0, 0.05) is 17.4 Å². The summed E-state index contributed by atoms with van der Waals surface area (Å²) in [6.45, 7) is 3.81. The number of carbonyl (C=O) groups is 2. The van der Waals surface area contributed by atoms with Gasteiger partial charge in [-0.1, -0.05) is 5.16 Å². The molecule has 0 saturated carbocycles. The van der Waals surface area contributed by atoms with Crippen LogP contribution in [0.1, 0.15) is 19.6 Å². The number of amides is 2. The molecule has 1 aromatic heterocycles. The van der Waals surface area contributed by atoms with Gasteiger partial charge >= 0.3 is 0 Å². The van der Waals surface area contributed by atoms with Crippen LogP contribution in [-0.2, 0) is 16.1 Å². The van der Waals surface area contributed by atoms with Crippen molar-refractivity contribution in [2.75, 3.05) is 5.75 Å². The van der Waals surface area contributed by atoms with Gasteiger partial charge in [-0.25, -0.2) is 4.39 Å². The molecular weight excluding hydrogens is 345 g/mol. The van der Waals surface area contributed by atoms with E-state index in [1.807, 2.05) is 13.8 Å². The van der Waals surface area contributed by atoms with Crippen LogP contribution >= 0.6 is 11.8 Å². The van der Waals surface area contributed by atoms with E-state index in [1.54, 1.807) is 18.2 Å². The number of rotatable bonds is 4. The lowest BCUT2D eigenvalue weighted by Crippen LogP contribution is -2.56. The highest BCUT2D eigenvalue weighted by Crippen LogP contribution is 2.29. The summed E-state index contributed by atoms with van der Waals surface area (Å²) in [6, 6.07) is 7.01. The molecule has 2 N–H and O–H groups in total. The molecule has 1 aliphatic heterocycles. The molecule has 0 radical (unpaired) electrons. The number of hydrogen-bond donors (Lipinski definition) is 2. The van der Waals surface area contributed by atoms with Gasteiger partial charge < -0.3 is 15.2 Å². The van der Waals surface area contributed by atoms with E-state index in [0.717, 1.165) is 5.56 Å². The molecule has 2 amide bonds. The number of thioether (sulfide) groups is 1. The Balaban J connectivity index is 1.56. The average Bonchev–Trinajstić information content (AvgIpc) is 3.05. The first-order chi connectivity index (χ1) is 11.8. The van der Waals surface area contributed by atoms with Crippen LogP contribution < -0.4 is 10.6 Å². The van der Waals surface area contributed by atoms with Gasteiger partial charge in [-0.15, -0.1) is 11.8 Å². The lowest BCUT2D eigenvalue weighted by molar-refractivity contribution is -0.129. The third kappa shape index (κ3) is 4.01. The van der Waals surface area contributed by atoms with Crippen molar-refractivity contribution >= 4 is 23.6 Å². The van der Waals surface area contributed by atoms with Crippen LogP contribution in [-0.4, -0.2) is 33.5 Å². The smallest absolute Gasteiger partial charge is 0.243 e. The maximum absolute atomic E-state index is 12.9. The molecule has 1 aliphatic rings. The van der Waals surface area contributed by atoms with Crippen LogP contribution in [0.5, 0.6) is 0 Å². The van der Waals surface area contributed by atoms with Gasteiger partial charge in [0.15, 0.2) is 5.76 Å². The van der Waals surface area contributed by atoms with Crippen molar-refractivity contribution in [3.63, 3.8) is 0 Å². The fourth-order valence-corrected chi connectivity index (χ4v) is 3.33. The van der Waals surface area contributed by atoms with Gasteiger partial charge in [0.05, 0.1) is 11.3 Å². The van der Waals surface area contributed by atoms with Crippen molar-refractivity contribution in [1.29, 1.82) is 0 Å². The van der Waals surface area contributed by atoms with Crippen LogP contribution in [0.2, 0.25) is 0 Å². The van der Waals surface area contributed by atoms with E-state index in [9.17, 15) is 14.0 Å². The fraction of sp³-hybridized carbons (Fsp3) is 0.353. The Morgan fingerprint density at radius 3 is 2.84 bits per heavy atom. The van der Waals surface area contributed by atoms with Gasteiger partial charge in [-0.05, 0) is 38.1 Å². The summed E-state index contributed by atoms with van der Waals surface area (Å²) in [4.78, 5) is 24.1. The van der Waals surface area contributed by atoms with Crippen molar-refractivity contribution in [3.8, 4) is 11.3 Å². The van der Waals surface area contributed by atoms with Crippen LogP contribution in [0.25, 0.3) is 11.3 Å². The number of benzene rings is 1. The first kappa shape index (κ1) is 17.5. The van der Waals surface area contributed by atoms with Gasteiger partial charge in [0.2, 0.25) is 11.8 Å². The summed E-state index contributed by atoms with van der Waals surface area (Å²) in [5, 5.41) is 9.37. The highest BCUT2D eigenvalue weighted by atomic mass is 32.2. The summed E-state index contributed by atoms with van der Waals surface area (Å²) in [5.41, 5.74) is 1.29. The van der Waals surface area contributed by atoms with Crippen molar-refractivity contribution < 1.29 is 18.5 Å². The maximum atomic E-state index is 12.9. The highest BCUT2D eigenvalue weighted by Gasteiger charge is 2.37. The zero-order valence-electron chi connectivity index (χ0n) is 13.8. The number of nitrogens with zero attached hydrogens (tertiary/aromatic N) is 1. The molecule has 8 heteroatoms.